The van der Waals surface area contributed by atoms with E-state index in [1.807, 2.05) is 30.3 Å². The summed E-state index contributed by atoms with van der Waals surface area (Å²) in [6, 6.07) is 14.7. The first-order valence-corrected chi connectivity index (χ1v) is 12.8. The van der Waals surface area contributed by atoms with Crippen LogP contribution >= 0.6 is 11.8 Å². The van der Waals surface area contributed by atoms with Gasteiger partial charge >= 0.3 is 0 Å². The van der Waals surface area contributed by atoms with Crippen molar-refractivity contribution >= 4 is 33.4 Å². The highest BCUT2D eigenvalue weighted by Gasteiger charge is 2.25. The Bertz CT molecular complexity index is 1200. The van der Waals surface area contributed by atoms with Gasteiger partial charge in [-0.1, -0.05) is 30.0 Å². The molecule has 0 saturated heterocycles. The van der Waals surface area contributed by atoms with E-state index in [-0.39, 0.29) is 24.2 Å². The van der Waals surface area contributed by atoms with Crippen LogP contribution < -0.4 is 9.62 Å². The third kappa shape index (κ3) is 5.46. The van der Waals surface area contributed by atoms with Crippen molar-refractivity contribution in [3.63, 3.8) is 0 Å². The van der Waals surface area contributed by atoms with Crippen LogP contribution in [0.2, 0.25) is 0 Å². The van der Waals surface area contributed by atoms with Gasteiger partial charge in [-0.2, -0.15) is 0 Å². The largest absolute Gasteiger partial charge is 0.353 e. The maximum atomic E-state index is 13.4. The van der Waals surface area contributed by atoms with Crippen LogP contribution in [-0.4, -0.2) is 47.1 Å². The van der Waals surface area contributed by atoms with Crippen LogP contribution in [0.4, 0.5) is 10.1 Å². The van der Waals surface area contributed by atoms with E-state index in [0.717, 1.165) is 29.1 Å². The number of halogens is 1. The molecule has 3 aromatic rings. The zero-order valence-corrected chi connectivity index (χ0v) is 18.9. The minimum Gasteiger partial charge on any atom is -0.353 e. The van der Waals surface area contributed by atoms with Gasteiger partial charge in [0, 0.05) is 11.7 Å². The number of nitrogens with zero attached hydrogens (tertiary/aromatic N) is 4. The molecule has 0 spiro atoms. The van der Waals surface area contributed by atoms with E-state index < -0.39 is 15.8 Å². The lowest BCUT2D eigenvalue weighted by molar-refractivity contribution is -0.118. The summed E-state index contributed by atoms with van der Waals surface area (Å²) in [6.07, 6.45) is 3.09. The zero-order chi connectivity index (χ0) is 22.7. The van der Waals surface area contributed by atoms with Gasteiger partial charge in [0.1, 0.15) is 5.82 Å². The molecule has 0 radical (unpaired) electrons. The maximum Gasteiger partial charge on any atom is 0.232 e. The normalized spacial score (nSPS) is 13.7. The molecule has 8 nitrogen and oxygen atoms in total. The maximum absolute atomic E-state index is 13.4. The summed E-state index contributed by atoms with van der Waals surface area (Å²) in [5, 5.41) is 11.8. The number of hydrogen-bond donors (Lipinski definition) is 1. The summed E-state index contributed by atoms with van der Waals surface area (Å²) in [6.45, 7) is -0.110. The summed E-state index contributed by atoms with van der Waals surface area (Å²) in [7, 11) is -3.69. The van der Waals surface area contributed by atoms with Crippen LogP contribution in [0.3, 0.4) is 0 Å². The van der Waals surface area contributed by atoms with E-state index in [0.29, 0.717) is 16.7 Å². The summed E-state index contributed by atoms with van der Waals surface area (Å²) < 4.78 is 41.3. The van der Waals surface area contributed by atoms with Gasteiger partial charge in [-0.3, -0.25) is 13.7 Å². The number of carbonyl (C=O) groups is 1. The van der Waals surface area contributed by atoms with Gasteiger partial charge in [0.25, 0.3) is 0 Å². The summed E-state index contributed by atoms with van der Waals surface area (Å²) in [5.41, 5.74) is 1.06. The number of amides is 1. The fraction of sp³-hybridized carbons (Fsp3) is 0.286. The lowest BCUT2D eigenvalue weighted by Gasteiger charge is -2.22. The minimum absolute atomic E-state index is 0.0780. The number of hydrogen-bond acceptors (Lipinski definition) is 6. The van der Waals surface area contributed by atoms with Crippen LogP contribution in [0.15, 0.2) is 59.8 Å². The Hall–Kier alpha value is -2.92. The molecule has 1 aliphatic carbocycles. The van der Waals surface area contributed by atoms with E-state index in [9.17, 15) is 17.6 Å². The minimum atomic E-state index is -3.69. The van der Waals surface area contributed by atoms with Crippen LogP contribution in [0.1, 0.15) is 18.7 Å². The van der Waals surface area contributed by atoms with Crippen LogP contribution in [0.25, 0.3) is 5.69 Å². The second-order valence-electron chi connectivity index (χ2n) is 7.45. The van der Waals surface area contributed by atoms with Crippen molar-refractivity contribution < 1.29 is 17.6 Å². The number of rotatable bonds is 9. The van der Waals surface area contributed by atoms with E-state index in [1.165, 1.54) is 36.0 Å². The molecule has 1 fully saturated rings. The predicted octanol–water partition coefficient (Wildman–Crippen LogP) is 2.74. The Morgan fingerprint density at radius 2 is 1.84 bits per heavy atom. The Labute approximate surface area is 189 Å². The third-order valence-electron chi connectivity index (χ3n) is 4.79. The number of aromatic nitrogens is 3. The fourth-order valence-corrected chi connectivity index (χ4v) is 4.73. The Morgan fingerprint density at radius 1 is 1.16 bits per heavy atom. The Morgan fingerprint density at radius 3 is 2.47 bits per heavy atom. The molecule has 32 heavy (non-hydrogen) atoms. The molecule has 2 aromatic carbocycles. The number of carbonyl (C=O) groups excluding carboxylic acids is 1. The van der Waals surface area contributed by atoms with Gasteiger partial charge in [0.15, 0.2) is 11.0 Å². The standard InChI is InChI=1S/C21H22FN5O3S2/c1-32(29,30)26(17-11-7-15(22)8-12-17)13-19-24-25-21(27(19)18-5-3-2-4-6-18)31-14-20(28)23-16-9-10-16/h2-8,11-12,16H,9-10,13-14H2,1H3,(H,23,28). The number of benzene rings is 2. The van der Waals surface area contributed by atoms with E-state index in [4.69, 9.17) is 0 Å². The van der Waals surface area contributed by atoms with Gasteiger partial charge in [-0.25, -0.2) is 12.8 Å². The number of para-hydroxylation sites is 1. The molecule has 1 heterocycles. The molecule has 1 aliphatic rings. The van der Waals surface area contributed by atoms with Crippen molar-refractivity contribution in [1.29, 1.82) is 0 Å². The highest BCUT2D eigenvalue weighted by molar-refractivity contribution is 7.99. The topological polar surface area (TPSA) is 97.2 Å². The molecule has 4 rings (SSSR count). The quantitative estimate of drug-likeness (QED) is 0.478. The molecule has 1 N–H and O–H groups in total. The average molecular weight is 476 g/mol. The monoisotopic (exact) mass is 475 g/mol. The van der Waals surface area contributed by atoms with Gasteiger partial charge in [-0.05, 0) is 49.2 Å². The lowest BCUT2D eigenvalue weighted by Crippen LogP contribution is -2.30. The Balaban J connectivity index is 1.65. The molecule has 0 atom stereocenters. The van der Waals surface area contributed by atoms with Crippen LogP contribution in [-0.2, 0) is 21.4 Å². The van der Waals surface area contributed by atoms with Crippen molar-refractivity contribution in [1.82, 2.24) is 20.1 Å². The van der Waals surface area contributed by atoms with Crippen molar-refractivity contribution in [3.05, 3.63) is 66.2 Å². The SMILES string of the molecule is CS(=O)(=O)N(Cc1nnc(SCC(=O)NC2CC2)n1-c1ccccc1)c1ccc(F)cc1. The average Bonchev–Trinajstić information content (AvgIpc) is 3.48. The number of nitrogens with one attached hydrogen (secondary N) is 1. The smallest absolute Gasteiger partial charge is 0.232 e. The van der Waals surface area contributed by atoms with Gasteiger partial charge in [0.05, 0.1) is 24.2 Å². The van der Waals surface area contributed by atoms with Crippen LogP contribution in [0, 0.1) is 5.82 Å². The number of sulfonamides is 1. The highest BCUT2D eigenvalue weighted by Crippen LogP contribution is 2.26. The first-order chi connectivity index (χ1) is 15.3. The summed E-state index contributed by atoms with van der Waals surface area (Å²) >= 11 is 1.23. The molecular weight excluding hydrogens is 453 g/mol. The zero-order valence-electron chi connectivity index (χ0n) is 17.3. The molecule has 1 aromatic heterocycles. The molecule has 1 amide bonds. The molecule has 168 valence electrons. The summed E-state index contributed by atoms with van der Waals surface area (Å²) in [4.78, 5) is 12.1. The molecule has 0 aliphatic heterocycles. The molecule has 11 heteroatoms. The first kappa shape index (κ1) is 22.3. The lowest BCUT2D eigenvalue weighted by atomic mass is 10.3. The molecule has 0 unspecified atom stereocenters. The second kappa shape index (κ2) is 9.29. The first-order valence-electron chi connectivity index (χ1n) is 9.96. The van der Waals surface area contributed by atoms with Crippen molar-refractivity contribution in [2.24, 2.45) is 0 Å². The van der Waals surface area contributed by atoms with Crippen molar-refractivity contribution in [3.8, 4) is 5.69 Å². The summed E-state index contributed by atoms with van der Waals surface area (Å²) in [5.74, 6) is 0.00878. The fourth-order valence-electron chi connectivity index (χ4n) is 3.10. The second-order valence-corrected chi connectivity index (χ2v) is 10.3. The number of thioether (sulfide) groups is 1. The molecule has 0 bridgehead atoms. The Kier molecular flexibility index (Phi) is 6.47. The molecular formula is C21H22FN5O3S2. The van der Waals surface area contributed by atoms with Crippen molar-refractivity contribution in [2.75, 3.05) is 16.3 Å². The number of anilines is 1. The third-order valence-corrected chi connectivity index (χ3v) is 6.86. The predicted molar refractivity (Wildman–Crippen MR) is 121 cm³/mol. The van der Waals surface area contributed by atoms with Gasteiger partial charge in [-0.15, -0.1) is 10.2 Å². The van der Waals surface area contributed by atoms with E-state index in [2.05, 4.69) is 15.5 Å². The van der Waals surface area contributed by atoms with Crippen molar-refractivity contribution in [2.45, 2.75) is 30.6 Å². The molecule has 1 saturated carbocycles. The van der Waals surface area contributed by atoms with Gasteiger partial charge < -0.3 is 5.32 Å². The highest BCUT2D eigenvalue weighted by atomic mass is 32.2. The van der Waals surface area contributed by atoms with Crippen LogP contribution in [0.5, 0.6) is 0 Å². The van der Waals surface area contributed by atoms with E-state index >= 15 is 0 Å². The van der Waals surface area contributed by atoms with E-state index in [1.54, 1.807) is 4.57 Å². The van der Waals surface area contributed by atoms with Gasteiger partial charge in [0.2, 0.25) is 15.9 Å².